The van der Waals surface area contributed by atoms with Crippen molar-refractivity contribution in [2.45, 2.75) is 36.1 Å². The van der Waals surface area contributed by atoms with Crippen LogP contribution in [0.5, 0.6) is 5.75 Å². The molecule has 0 aliphatic carbocycles. The van der Waals surface area contributed by atoms with Gasteiger partial charge >= 0.3 is 0 Å². The molecule has 3 aromatic rings. The van der Waals surface area contributed by atoms with Crippen LogP contribution in [-0.2, 0) is 31.4 Å². The second-order valence-electron chi connectivity index (χ2n) is 8.86. The molecule has 12 heteroatoms. The minimum absolute atomic E-state index is 0.0527. The van der Waals surface area contributed by atoms with Crippen molar-refractivity contribution >= 4 is 43.2 Å². The van der Waals surface area contributed by atoms with Crippen molar-refractivity contribution < 1.29 is 26.4 Å². The normalized spacial score (nSPS) is 14.3. The van der Waals surface area contributed by atoms with Crippen LogP contribution >= 0.6 is 11.6 Å². The van der Waals surface area contributed by atoms with Crippen molar-refractivity contribution in [2.75, 3.05) is 24.4 Å². The Bertz CT molecular complexity index is 1500. The number of carbonyl (C=O) groups excluding carboxylic acids is 1. The minimum atomic E-state index is -3.82. The van der Waals surface area contributed by atoms with Gasteiger partial charge in [0.05, 0.1) is 9.79 Å². The second kappa shape index (κ2) is 11.7. The third kappa shape index (κ3) is 6.84. The number of hydrogen-bond donors (Lipinski definition) is 2. The van der Waals surface area contributed by atoms with E-state index < -0.39 is 20.0 Å². The lowest BCUT2D eigenvalue weighted by molar-refractivity contribution is -0.123. The van der Waals surface area contributed by atoms with Crippen LogP contribution in [0, 0.1) is 6.92 Å². The molecular formula is C26H28ClN3O6S2. The van der Waals surface area contributed by atoms with E-state index in [0.29, 0.717) is 35.1 Å². The summed E-state index contributed by atoms with van der Waals surface area (Å²) in [5.41, 5.74) is 1.68. The van der Waals surface area contributed by atoms with Gasteiger partial charge in [0.15, 0.2) is 6.61 Å². The number of ether oxygens (including phenoxy) is 1. The van der Waals surface area contributed by atoms with E-state index in [2.05, 4.69) is 10.0 Å². The first-order valence-corrected chi connectivity index (χ1v) is 15.2. The average molecular weight is 578 g/mol. The van der Waals surface area contributed by atoms with Crippen LogP contribution < -0.4 is 14.8 Å². The molecule has 0 radical (unpaired) electrons. The van der Waals surface area contributed by atoms with Crippen molar-refractivity contribution in [1.29, 1.82) is 0 Å². The number of nitrogens with one attached hydrogen (secondary N) is 2. The zero-order valence-electron chi connectivity index (χ0n) is 20.7. The van der Waals surface area contributed by atoms with E-state index in [4.69, 9.17) is 16.3 Å². The zero-order chi connectivity index (χ0) is 27.3. The van der Waals surface area contributed by atoms with E-state index >= 15 is 0 Å². The largest absolute Gasteiger partial charge is 0.484 e. The molecule has 38 heavy (non-hydrogen) atoms. The Balaban J connectivity index is 1.29. The van der Waals surface area contributed by atoms with Gasteiger partial charge in [-0.25, -0.2) is 16.8 Å². The standard InChI is InChI=1S/C26H28ClN3O6S2/c1-19-16-24(37(32,33)29-22-8-6-21(27)7-9-22)12-13-25(19)36-18-26(31)28-17-20-4-10-23(11-5-20)38(34,35)30-14-2-3-15-30/h4-13,16,29H,2-3,14-15,17-18H2,1H3,(H,28,31). The maximum atomic E-state index is 12.7. The fraction of sp³-hybridized carbons (Fsp3) is 0.269. The van der Waals surface area contributed by atoms with E-state index in [0.717, 1.165) is 18.4 Å². The minimum Gasteiger partial charge on any atom is -0.484 e. The van der Waals surface area contributed by atoms with Crippen LogP contribution in [0.15, 0.2) is 76.5 Å². The second-order valence-corrected chi connectivity index (χ2v) is 12.9. The third-order valence-corrected chi connectivity index (χ3v) is 9.57. The van der Waals surface area contributed by atoms with Crippen LogP contribution in [-0.4, -0.2) is 46.7 Å². The topological polar surface area (TPSA) is 122 Å². The molecule has 0 spiro atoms. The predicted octanol–water partition coefficient (Wildman–Crippen LogP) is 3.93. The molecule has 1 aliphatic rings. The number of aryl methyl sites for hydroxylation is 1. The summed E-state index contributed by atoms with van der Waals surface area (Å²) in [5, 5.41) is 3.23. The van der Waals surface area contributed by atoms with Gasteiger partial charge in [0, 0.05) is 30.3 Å². The number of halogens is 1. The highest BCUT2D eigenvalue weighted by Crippen LogP contribution is 2.24. The summed E-state index contributed by atoms with van der Waals surface area (Å²) in [7, 11) is -7.30. The quantitative estimate of drug-likeness (QED) is 0.376. The first kappa shape index (κ1) is 27.9. The van der Waals surface area contributed by atoms with Gasteiger partial charge in [0.25, 0.3) is 15.9 Å². The Morgan fingerprint density at radius 3 is 2.18 bits per heavy atom. The number of hydrogen-bond acceptors (Lipinski definition) is 6. The Hall–Kier alpha value is -3.12. The van der Waals surface area contributed by atoms with E-state index in [-0.39, 0.29) is 28.8 Å². The summed E-state index contributed by atoms with van der Waals surface area (Å²) < 4.78 is 60.2. The number of amides is 1. The highest BCUT2D eigenvalue weighted by atomic mass is 35.5. The van der Waals surface area contributed by atoms with Crippen molar-refractivity contribution in [2.24, 2.45) is 0 Å². The van der Waals surface area contributed by atoms with E-state index in [1.165, 1.54) is 22.5 Å². The molecule has 0 unspecified atom stereocenters. The molecule has 202 valence electrons. The number of rotatable bonds is 10. The maximum Gasteiger partial charge on any atom is 0.261 e. The van der Waals surface area contributed by atoms with E-state index in [9.17, 15) is 21.6 Å². The van der Waals surface area contributed by atoms with Gasteiger partial charge < -0.3 is 10.1 Å². The summed E-state index contributed by atoms with van der Waals surface area (Å²) >= 11 is 5.84. The van der Waals surface area contributed by atoms with Gasteiger partial charge in [-0.2, -0.15) is 4.31 Å². The number of anilines is 1. The van der Waals surface area contributed by atoms with Gasteiger partial charge in [0.2, 0.25) is 10.0 Å². The van der Waals surface area contributed by atoms with Gasteiger partial charge in [-0.15, -0.1) is 0 Å². The maximum absolute atomic E-state index is 12.7. The Kier molecular flexibility index (Phi) is 8.61. The number of benzene rings is 3. The van der Waals surface area contributed by atoms with Crippen molar-refractivity contribution in [3.05, 3.63) is 82.9 Å². The molecule has 0 atom stereocenters. The van der Waals surface area contributed by atoms with Crippen LogP contribution in [0.1, 0.15) is 24.0 Å². The number of sulfonamides is 2. The number of carbonyl (C=O) groups is 1. The SMILES string of the molecule is Cc1cc(S(=O)(=O)Nc2ccc(Cl)cc2)ccc1OCC(=O)NCc1ccc(S(=O)(=O)N2CCCC2)cc1. The smallest absolute Gasteiger partial charge is 0.261 e. The van der Waals surface area contributed by atoms with Crippen LogP contribution in [0.4, 0.5) is 5.69 Å². The highest BCUT2D eigenvalue weighted by Gasteiger charge is 2.26. The van der Waals surface area contributed by atoms with Crippen LogP contribution in [0.3, 0.4) is 0 Å². The van der Waals surface area contributed by atoms with Gasteiger partial charge in [-0.3, -0.25) is 9.52 Å². The molecule has 0 aromatic heterocycles. The van der Waals surface area contributed by atoms with Crippen molar-refractivity contribution in [3.63, 3.8) is 0 Å². The number of nitrogens with zero attached hydrogens (tertiary/aromatic N) is 1. The molecule has 1 fully saturated rings. The molecular weight excluding hydrogens is 550 g/mol. The molecule has 4 rings (SSSR count). The Labute approximate surface area is 227 Å². The van der Waals surface area contributed by atoms with Gasteiger partial charge in [-0.05, 0) is 85.5 Å². The summed E-state index contributed by atoms with van der Waals surface area (Å²) in [5.74, 6) is 0.00123. The molecule has 1 amide bonds. The fourth-order valence-electron chi connectivity index (χ4n) is 3.93. The van der Waals surface area contributed by atoms with Crippen LogP contribution in [0.2, 0.25) is 5.02 Å². The summed E-state index contributed by atoms with van der Waals surface area (Å²) in [4.78, 5) is 12.6. The van der Waals surface area contributed by atoms with Crippen molar-refractivity contribution in [1.82, 2.24) is 9.62 Å². The summed E-state index contributed by atoms with van der Waals surface area (Å²) in [6.45, 7) is 2.71. The Morgan fingerprint density at radius 2 is 1.55 bits per heavy atom. The lowest BCUT2D eigenvalue weighted by Gasteiger charge is -2.15. The van der Waals surface area contributed by atoms with E-state index in [1.807, 2.05) is 0 Å². The molecule has 9 nitrogen and oxygen atoms in total. The predicted molar refractivity (Wildman–Crippen MR) is 145 cm³/mol. The van der Waals surface area contributed by atoms with E-state index in [1.54, 1.807) is 55.5 Å². The third-order valence-electron chi connectivity index (χ3n) is 6.03. The fourth-order valence-corrected chi connectivity index (χ4v) is 6.72. The molecule has 1 heterocycles. The first-order valence-electron chi connectivity index (χ1n) is 11.9. The summed E-state index contributed by atoms with van der Waals surface area (Å²) in [6, 6.07) is 17.1. The molecule has 3 aromatic carbocycles. The molecule has 1 aliphatic heterocycles. The average Bonchev–Trinajstić information content (AvgIpc) is 3.44. The highest BCUT2D eigenvalue weighted by molar-refractivity contribution is 7.92. The molecule has 0 bridgehead atoms. The zero-order valence-corrected chi connectivity index (χ0v) is 23.1. The molecule has 2 N–H and O–H groups in total. The van der Waals surface area contributed by atoms with Crippen molar-refractivity contribution in [3.8, 4) is 5.75 Å². The first-order chi connectivity index (χ1) is 18.0. The monoisotopic (exact) mass is 577 g/mol. The summed E-state index contributed by atoms with van der Waals surface area (Å²) in [6.07, 6.45) is 1.74. The molecule has 0 saturated carbocycles. The lowest BCUT2D eigenvalue weighted by atomic mass is 10.2. The van der Waals surface area contributed by atoms with Gasteiger partial charge in [0.1, 0.15) is 5.75 Å². The molecule has 1 saturated heterocycles. The lowest BCUT2D eigenvalue weighted by Crippen LogP contribution is -2.29. The van der Waals surface area contributed by atoms with Gasteiger partial charge in [-0.1, -0.05) is 23.7 Å². The Morgan fingerprint density at radius 1 is 0.921 bits per heavy atom. The van der Waals surface area contributed by atoms with Crippen LogP contribution in [0.25, 0.3) is 0 Å².